The second-order valence-corrected chi connectivity index (χ2v) is 9.66. The van der Waals surface area contributed by atoms with E-state index in [2.05, 4.69) is 5.32 Å². The van der Waals surface area contributed by atoms with Crippen molar-refractivity contribution in [3.63, 3.8) is 0 Å². The molecule has 0 aliphatic carbocycles. The first kappa shape index (κ1) is 25.9. The Labute approximate surface area is 211 Å². The topological polar surface area (TPSA) is 49.4 Å². The SMILES string of the molecule is CCCNC(=O)[C@@H](Cc1ccccc1)N(Cc1cccc(Cl)c1)C(=O)CCSc1ccccc1. The van der Waals surface area contributed by atoms with E-state index in [9.17, 15) is 9.59 Å². The summed E-state index contributed by atoms with van der Waals surface area (Å²) in [6.45, 7) is 2.92. The molecule has 0 saturated carbocycles. The van der Waals surface area contributed by atoms with Crippen molar-refractivity contribution in [2.24, 2.45) is 0 Å². The van der Waals surface area contributed by atoms with Gasteiger partial charge in [-0.2, -0.15) is 0 Å². The van der Waals surface area contributed by atoms with Gasteiger partial charge in [-0.3, -0.25) is 9.59 Å². The van der Waals surface area contributed by atoms with Crippen molar-refractivity contribution in [2.75, 3.05) is 12.3 Å². The summed E-state index contributed by atoms with van der Waals surface area (Å²) in [5, 5.41) is 3.61. The summed E-state index contributed by atoms with van der Waals surface area (Å²) in [6, 6.07) is 26.7. The lowest BCUT2D eigenvalue weighted by molar-refractivity contribution is -0.141. The summed E-state index contributed by atoms with van der Waals surface area (Å²) in [6.07, 6.45) is 1.63. The van der Waals surface area contributed by atoms with Gasteiger partial charge in [-0.1, -0.05) is 79.2 Å². The summed E-state index contributed by atoms with van der Waals surface area (Å²) in [7, 11) is 0. The Kier molecular flexibility index (Phi) is 10.5. The molecule has 178 valence electrons. The Hall–Kier alpha value is -2.76. The van der Waals surface area contributed by atoms with Crippen molar-refractivity contribution in [1.29, 1.82) is 0 Å². The molecule has 0 saturated heterocycles. The molecule has 1 N–H and O–H groups in total. The van der Waals surface area contributed by atoms with Gasteiger partial charge in [-0.25, -0.2) is 0 Å². The van der Waals surface area contributed by atoms with Crippen molar-refractivity contribution >= 4 is 35.2 Å². The lowest BCUT2D eigenvalue weighted by Crippen LogP contribution is -2.50. The van der Waals surface area contributed by atoms with Crippen LogP contribution >= 0.6 is 23.4 Å². The minimum absolute atomic E-state index is 0.0454. The monoisotopic (exact) mass is 494 g/mol. The van der Waals surface area contributed by atoms with E-state index < -0.39 is 6.04 Å². The second-order valence-electron chi connectivity index (χ2n) is 8.06. The Morgan fingerprint density at radius 3 is 2.29 bits per heavy atom. The average Bonchev–Trinajstić information content (AvgIpc) is 2.86. The summed E-state index contributed by atoms with van der Waals surface area (Å²) >= 11 is 7.86. The molecular formula is C28H31ClN2O2S. The smallest absolute Gasteiger partial charge is 0.243 e. The van der Waals surface area contributed by atoms with E-state index in [1.165, 1.54) is 0 Å². The van der Waals surface area contributed by atoms with Crippen LogP contribution in [0.3, 0.4) is 0 Å². The largest absolute Gasteiger partial charge is 0.354 e. The van der Waals surface area contributed by atoms with E-state index in [-0.39, 0.29) is 11.8 Å². The van der Waals surface area contributed by atoms with E-state index in [1.807, 2.05) is 91.9 Å². The zero-order valence-electron chi connectivity index (χ0n) is 19.5. The number of nitrogens with one attached hydrogen (secondary N) is 1. The zero-order chi connectivity index (χ0) is 24.2. The van der Waals surface area contributed by atoms with Crippen LogP contribution in [0, 0.1) is 0 Å². The molecule has 2 amide bonds. The van der Waals surface area contributed by atoms with Crippen LogP contribution in [0.1, 0.15) is 30.9 Å². The second kappa shape index (κ2) is 13.8. The number of halogens is 1. The number of amides is 2. The highest BCUT2D eigenvalue weighted by atomic mass is 35.5. The molecule has 0 heterocycles. The third-order valence-corrected chi connectivity index (χ3v) is 6.64. The van der Waals surface area contributed by atoms with E-state index in [1.54, 1.807) is 16.7 Å². The molecule has 0 aromatic heterocycles. The molecule has 0 fully saturated rings. The van der Waals surface area contributed by atoms with Crippen molar-refractivity contribution in [3.05, 3.63) is 101 Å². The highest BCUT2D eigenvalue weighted by Crippen LogP contribution is 2.21. The molecular weight excluding hydrogens is 464 g/mol. The van der Waals surface area contributed by atoms with E-state index in [0.29, 0.717) is 36.7 Å². The Bertz CT molecular complexity index is 1050. The van der Waals surface area contributed by atoms with Gasteiger partial charge in [0.25, 0.3) is 0 Å². The van der Waals surface area contributed by atoms with Crippen LogP contribution in [0.25, 0.3) is 0 Å². The van der Waals surface area contributed by atoms with Gasteiger partial charge in [-0.05, 0) is 41.8 Å². The normalized spacial score (nSPS) is 11.6. The molecule has 0 bridgehead atoms. The molecule has 3 aromatic carbocycles. The van der Waals surface area contributed by atoms with Crippen LogP contribution < -0.4 is 5.32 Å². The molecule has 0 aliphatic rings. The fourth-order valence-electron chi connectivity index (χ4n) is 3.67. The number of carbonyl (C=O) groups excluding carboxylic acids is 2. The first-order valence-corrected chi connectivity index (χ1v) is 13.0. The van der Waals surface area contributed by atoms with Gasteiger partial charge in [0, 0.05) is 41.6 Å². The molecule has 3 rings (SSSR count). The molecule has 0 unspecified atom stereocenters. The van der Waals surface area contributed by atoms with Crippen molar-refractivity contribution in [3.8, 4) is 0 Å². The maximum Gasteiger partial charge on any atom is 0.243 e. The van der Waals surface area contributed by atoms with Crippen molar-refractivity contribution in [2.45, 2.75) is 43.7 Å². The highest BCUT2D eigenvalue weighted by molar-refractivity contribution is 7.99. The van der Waals surface area contributed by atoms with Gasteiger partial charge in [0.2, 0.25) is 11.8 Å². The molecule has 6 heteroatoms. The maximum absolute atomic E-state index is 13.5. The number of benzene rings is 3. The first-order valence-electron chi connectivity index (χ1n) is 11.6. The maximum atomic E-state index is 13.5. The minimum Gasteiger partial charge on any atom is -0.354 e. The molecule has 3 aromatic rings. The predicted molar refractivity (Wildman–Crippen MR) is 141 cm³/mol. The van der Waals surface area contributed by atoms with Crippen LogP contribution in [0.2, 0.25) is 5.02 Å². The molecule has 34 heavy (non-hydrogen) atoms. The number of nitrogens with zero attached hydrogens (tertiary/aromatic N) is 1. The van der Waals surface area contributed by atoms with Gasteiger partial charge in [0.1, 0.15) is 6.04 Å². The van der Waals surface area contributed by atoms with Gasteiger partial charge in [-0.15, -0.1) is 11.8 Å². The first-order chi connectivity index (χ1) is 16.6. The molecule has 1 atom stereocenters. The van der Waals surface area contributed by atoms with Crippen LogP contribution in [0.4, 0.5) is 0 Å². The summed E-state index contributed by atoms with van der Waals surface area (Å²) in [5.74, 6) is 0.469. The van der Waals surface area contributed by atoms with Crippen molar-refractivity contribution in [1.82, 2.24) is 10.2 Å². The van der Waals surface area contributed by atoms with E-state index in [0.717, 1.165) is 22.4 Å². The fourth-order valence-corrected chi connectivity index (χ4v) is 4.74. The number of rotatable bonds is 12. The lowest BCUT2D eigenvalue weighted by Gasteiger charge is -2.31. The van der Waals surface area contributed by atoms with Crippen LogP contribution in [0.5, 0.6) is 0 Å². The minimum atomic E-state index is -0.609. The average molecular weight is 495 g/mol. The fraction of sp³-hybridized carbons (Fsp3) is 0.286. The van der Waals surface area contributed by atoms with Crippen molar-refractivity contribution < 1.29 is 9.59 Å². The number of hydrogen-bond donors (Lipinski definition) is 1. The lowest BCUT2D eigenvalue weighted by atomic mass is 10.0. The van der Waals surface area contributed by atoms with Crippen LogP contribution in [-0.2, 0) is 22.6 Å². The van der Waals surface area contributed by atoms with Gasteiger partial charge in [0.05, 0.1) is 0 Å². The van der Waals surface area contributed by atoms with E-state index in [4.69, 9.17) is 11.6 Å². The predicted octanol–water partition coefficient (Wildman–Crippen LogP) is 5.99. The quantitative estimate of drug-likeness (QED) is 0.315. The van der Waals surface area contributed by atoms with Crippen LogP contribution in [-0.4, -0.2) is 35.1 Å². The molecule has 0 aliphatic heterocycles. The standard InChI is InChI=1S/C28H31ClN2O2S/c1-2-17-30-28(33)26(20-22-10-5-3-6-11-22)31(21-23-12-9-13-24(29)19-23)27(32)16-18-34-25-14-7-4-8-15-25/h3-15,19,26H,2,16-18,20-21H2,1H3,(H,30,33)/t26-/m1/s1. The van der Waals surface area contributed by atoms with Gasteiger partial charge < -0.3 is 10.2 Å². The van der Waals surface area contributed by atoms with E-state index >= 15 is 0 Å². The van der Waals surface area contributed by atoms with Crippen LogP contribution in [0.15, 0.2) is 89.8 Å². The van der Waals surface area contributed by atoms with Gasteiger partial charge >= 0.3 is 0 Å². The summed E-state index contributed by atoms with van der Waals surface area (Å²) < 4.78 is 0. The Morgan fingerprint density at radius 2 is 1.62 bits per heavy atom. The third-order valence-electron chi connectivity index (χ3n) is 5.39. The summed E-state index contributed by atoms with van der Waals surface area (Å²) in [5.41, 5.74) is 1.92. The zero-order valence-corrected chi connectivity index (χ0v) is 21.0. The molecule has 4 nitrogen and oxygen atoms in total. The molecule has 0 spiro atoms. The summed E-state index contributed by atoms with van der Waals surface area (Å²) in [4.78, 5) is 29.6. The molecule has 0 radical (unpaired) electrons. The Balaban J connectivity index is 1.83. The third kappa shape index (κ3) is 8.23. The highest BCUT2D eigenvalue weighted by Gasteiger charge is 2.30. The van der Waals surface area contributed by atoms with Gasteiger partial charge in [0.15, 0.2) is 0 Å². The number of hydrogen-bond acceptors (Lipinski definition) is 3. The number of carbonyl (C=O) groups is 2. The number of thioether (sulfide) groups is 1. The Morgan fingerprint density at radius 1 is 0.941 bits per heavy atom.